The molecule has 1 spiro atoms. The third-order valence-electron chi connectivity index (χ3n) is 5.81. The third kappa shape index (κ3) is 3.42. The number of halogens is 3. The molecule has 0 aliphatic carbocycles. The molecule has 0 bridgehead atoms. The predicted octanol–water partition coefficient (Wildman–Crippen LogP) is 2.62. The Morgan fingerprint density at radius 2 is 1.74 bits per heavy atom. The summed E-state index contributed by atoms with van der Waals surface area (Å²) in [5, 5.41) is 9.60. The topological polar surface area (TPSA) is 60.9 Å². The highest BCUT2D eigenvalue weighted by molar-refractivity contribution is 5.84. The number of carbonyl (C=O) groups excluding carboxylic acids is 1. The lowest BCUT2D eigenvalue weighted by Crippen LogP contribution is -2.66. The molecule has 2 aliphatic rings. The van der Waals surface area contributed by atoms with E-state index < -0.39 is 34.8 Å². The summed E-state index contributed by atoms with van der Waals surface area (Å²) in [6.45, 7) is 3.19. The molecular weight excluding hydrogens is 361 g/mol. The summed E-state index contributed by atoms with van der Waals surface area (Å²) in [4.78, 5) is 27.2. The van der Waals surface area contributed by atoms with Gasteiger partial charge in [-0.15, -0.1) is 0 Å². The van der Waals surface area contributed by atoms with E-state index in [0.717, 1.165) is 24.3 Å². The van der Waals surface area contributed by atoms with E-state index in [1.165, 1.54) is 0 Å². The van der Waals surface area contributed by atoms with E-state index in [1.807, 2.05) is 35.2 Å². The number of carboxylic acid groups (broad SMARTS) is 1. The molecule has 1 aromatic rings. The molecule has 3 rings (SSSR count). The molecule has 1 aromatic carbocycles. The molecule has 27 heavy (non-hydrogen) atoms. The van der Waals surface area contributed by atoms with E-state index >= 15 is 0 Å². The zero-order valence-electron chi connectivity index (χ0n) is 15.3. The van der Waals surface area contributed by atoms with Crippen molar-refractivity contribution in [2.24, 2.45) is 16.7 Å². The predicted molar refractivity (Wildman–Crippen MR) is 91.7 cm³/mol. The first-order valence-electron chi connectivity index (χ1n) is 8.81. The minimum atomic E-state index is -4.64. The van der Waals surface area contributed by atoms with Crippen LogP contribution in [-0.4, -0.2) is 59.1 Å². The first-order valence-corrected chi connectivity index (χ1v) is 8.81. The van der Waals surface area contributed by atoms with E-state index in [9.17, 15) is 27.9 Å². The minimum Gasteiger partial charge on any atom is -0.481 e. The van der Waals surface area contributed by atoms with Crippen LogP contribution in [0.4, 0.5) is 13.2 Å². The summed E-state index contributed by atoms with van der Waals surface area (Å²) in [7, 11) is 0. The van der Waals surface area contributed by atoms with E-state index in [1.54, 1.807) is 0 Å². The fourth-order valence-electron chi connectivity index (χ4n) is 4.07. The van der Waals surface area contributed by atoms with Gasteiger partial charge < -0.3 is 10.0 Å². The van der Waals surface area contributed by atoms with Gasteiger partial charge in [0.2, 0.25) is 5.91 Å². The van der Waals surface area contributed by atoms with Crippen LogP contribution in [0.1, 0.15) is 19.4 Å². The Kier molecular flexibility index (Phi) is 4.74. The van der Waals surface area contributed by atoms with Crippen molar-refractivity contribution in [3.63, 3.8) is 0 Å². The van der Waals surface area contributed by atoms with Crippen LogP contribution >= 0.6 is 0 Å². The van der Waals surface area contributed by atoms with Gasteiger partial charge in [-0.3, -0.25) is 14.5 Å². The van der Waals surface area contributed by atoms with Gasteiger partial charge in [-0.2, -0.15) is 13.2 Å². The highest BCUT2D eigenvalue weighted by Gasteiger charge is 2.62. The summed E-state index contributed by atoms with van der Waals surface area (Å²) < 4.78 is 39.4. The number of rotatable bonds is 4. The van der Waals surface area contributed by atoms with Gasteiger partial charge in [0.05, 0.1) is 5.92 Å². The number of aliphatic carboxylic acids is 1. The Labute approximate surface area is 155 Å². The van der Waals surface area contributed by atoms with Crippen LogP contribution < -0.4 is 0 Å². The molecule has 0 saturated carbocycles. The van der Waals surface area contributed by atoms with Gasteiger partial charge in [-0.1, -0.05) is 30.3 Å². The van der Waals surface area contributed by atoms with Crippen LogP contribution in [-0.2, 0) is 16.1 Å². The SMILES string of the molecule is CC(C)(C(=O)N1CC2(CN(Cc3ccccc3)C[C@H]2C(=O)O)C1)C(F)(F)F. The Balaban J connectivity index is 1.71. The molecule has 2 heterocycles. The van der Waals surface area contributed by atoms with E-state index in [4.69, 9.17) is 0 Å². The van der Waals surface area contributed by atoms with Gasteiger partial charge in [-0.05, 0) is 19.4 Å². The molecule has 2 aliphatic heterocycles. The van der Waals surface area contributed by atoms with Crippen molar-refractivity contribution >= 4 is 11.9 Å². The van der Waals surface area contributed by atoms with Crippen molar-refractivity contribution in [3.8, 4) is 0 Å². The average molecular weight is 384 g/mol. The maximum Gasteiger partial charge on any atom is 0.402 e. The second-order valence-electron chi connectivity index (χ2n) is 8.19. The Morgan fingerprint density at radius 3 is 2.26 bits per heavy atom. The lowest BCUT2D eigenvalue weighted by molar-refractivity contribution is -0.223. The lowest BCUT2D eigenvalue weighted by Gasteiger charge is -2.52. The monoisotopic (exact) mass is 384 g/mol. The maximum absolute atomic E-state index is 13.1. The summed E-state index contributed by atoms with van der Waals surface area (Å²) in [6, 6.07) is 9.59. The van der Waals surface area contributed by atoms with Gasteiger partial charge in [0, 0.05) is 38.1 Å². The standard InChI is InChI=1S/C19H23F3N2O3/c1-17(2,19(20,21)22)16(27)24-11-18(12-24)10-23(9-14(18)15(25)26)8-13-6-4-3-5-7-13/h3-7,14H,8-12H2,1-2H3,(H,25,26)/t14-/m0/s1. The van der Waals surface area contributed by atoms with Gasteiger partial charge >= 0.3 is 12.1 Å². The van der Waals surface area contributed by atoms with Crippen molar-refractivity contribution < 1.29 is 27.9 Å². The van der Waals surface area contributed by atoms with Crippen molar-refractivity contribution in [1.29, 1.82) is 0 Å². The first kappa shape index (κ1) is 19.7. The number of amides is 1. The third-order valence-corrected chi connectivity index (χ3v) is 5.81. The highest BCUT2D eigenvalue weighted by Crippen LogP contribution is 2.48. The molecule has 5 nitrogen and oxygen atoms in total. The smallest absolute Gasteiger partial charge is 0.402 e. The first-order chi connectivity index (χ1) is 12.5. The van der Waals surface area contributed by atoms with Gasteiger partial charge in [0.25, 0.3) is 0 Å². The van der Waals surface area contributed by atoms with Gasteiger partial charge in [-0.25, -0.2) is 0 Å². The highest BCUT2D eigenvalue weighted by atomic mass is 19.4. The van der Waals surface area contributed by atoms with Crippen LogP contribution in [0.15, 0.2) is 30.3 Å². The molecular formula is C19H23F3N2O3. The summed E-state index contributed by atoms with van der Waals surface area (Å²) >= 11 is 0. The second-order valence-corrected chi connectivity index (χ2v) is 8.19. The zero-order chi connectivity index (χ0) is 20.0. The second kappa shape index (κ2) is 6.51. The van der Waals surface area contributed by atoms with Crippen molar-refractivity contribution in [2.75, 3.05) is 26.2 Å². The number of benzene rings is 1. The summed E-state index contributed by atoms with van der Waals surface area (Å²) in [6.07, 6.45) is -4.64. The minimum absolute atomic E-state index is 0.0492. The number of alkyl halides is 3. The molecule has 1 N–H and O–H groups in total. The van der Waals surface area contributed by atoms with Gasteiger partial charge in [0.15, 0.2) is 0 Å². The van der Waals surface area contributed by atoms with E-state index in [2.05, 4.69) is 0 Å². The van der Waals surface area contributed by atoms with Crippen LogP contribution in [0.5, 0.6) is 0 Å². The molecule has 0 unspecified atom stereocenters. The number of hydrogen-bond acceptors (Lipinski definition) is 3. The molecule has 0 aromatic heterocycles. The molecule has 1 atom stereocenters. The molecule has 148 valence electrons. The normalized spacial score (nSPS) is 22.7. The lowest BCUT2D eigenvalue weighted by atomic mass is 9.70. The molecule has 1 amide bonds. The van der Waals surface area contributed by atoms with Crippen molar-refractivity contribution in [1.82, 2.24) is 9.80 Å². The largest absolute Gasteiger partial charge is 0.481 e. The van der Waals surface area contributed by atoms with Crippen LogP contribution in [0.3, 0.4) is 0 Å². The number of likely N-dealkylation sites (tertiary alicyclic amines) is 2. The van der Waals surface area contributed by atoms with E-state index in [-0.39, 0.29) is 13.1 Å². The van der Waals surface area contributed by atoms with Crippen LogP contribution in [0, 0.1) is 16.7 Å². The van der Waals surface area contributed by atoms with E-state index in [0.29, 0.717) is 19.6 Å². The van der Waals surface area contributed by atoms with Crippen LogP contribution in [0.2, 0.25) is 0 Å². The fraction of sp³-hybridized carbons (Fsp3) is 0.579. The van der Waals surface area contributed by atoms with Crippen LogP contribution in [0.25, 0.3) is 0 Å². The summed E-state index contributed by atoms with van der Waals surface area (Å²) in [5.74, 6) is -2.65. The van der Waals surface area contributed by atoms with Gasteiger partial charge in [0.1, 0.15) is 5.41 Å². The zero-order valence-corrected chi connectivity index (χ0v) is 15.3. The molecule has 8 heteroatoms. The molecule has 2 saturated heterocycles. The molecule has 0 radical (unpaired) electrons. The number of hydrogen-bond donors (Lipinski definition) is 1. The Morgan fingerprint density at radius 1 is 1.15 bits per heavy atom. The summed E-state index contributed by atoms with van der Waals surface area (Å²) in [5.41, 5.74) is -2.11. The van der Waals surface area contributed by atoms with Crippen molar-refractivity contribution in [2.45, 2.75) is 26.6 Å². The quantitative estimate of drug-likeness (QED) is 0.867. The number of carboxylic acids is 1. The maximum atomic E-state index is 13.1. The number of carbonyl (C=O) groups is 2. The molecule has 2 fully saturated rings. The average Bonchev–Trinajstić information content (AvgIpc) is 2.92. The Bertz CT molecular complexity index is 727. The fourth-order valence-corrected chi connectivity index (χ4v) is 4.07. The van der Waals surface area contributed by atoms with Crippen molar-refractivity contribution in [3.05, 3.63) is 35.9 Å². The Hall–Kier alpha value is -2.09. The number of nitrogens with zero attached hydrogens (tertiary/aromatic N) is 2.